The monoisotopic (exact) mass is 374 g/mol. The number of nitrogen functional groups attached to an aromatic ring is 1. The molecule has 0 atom stereocenters. The van der Waals surface area contributed by atoms with Crippen molar-refractivity contribution >= 4 is 25.4 Å². The highest BCUT2D eigenvalue weighted by Gasteiger charge is 2.24. The molecule has 0 saturated carbocycles. The highest BCUT2D eigenvalue weighted by atomic mass is 31.2. The van der Waals surface area contributed by atoms with Crippen molar-refractivity contribution in [2.24, 2.45) is 0 Å². The molecular weight excluding hydrogens is 351 g/mol. The van der Waals surface area contributed by atoms with Gasteiger partial charge in [0.25, 0.3) is 5.91 Å². The van der Waals surface area contributed by atoms with E-state index < -0.39 is 31.9 Å². The first kappa shape index (κ1) is 21.1. The summed E-state index contributed by atoms with van der Waals surface area (Å²) in [6.45, 7) is 4.04. The average molecular weight is 374 g/mol. The second-order valence-corrected chi connectivity index (χ2v) is 7.50. The summed E-state index contributed by atoms with van der Waals surface area (Å²) in [5.74, 6) is -1.16. The van der Waals surface area contributed by atoms with Crippen LogP contribution in [-0.4, -0.2) is 51.9 Å². The summed E-state index contributed by atoms with van der Waals surface area (Å²) in [6.07, 6.45) is 0. The third kappa shape index (κ3) is 8.64. The number of phosphoric ester groups is 1. The molecule has 0 radical (unpaired) electrons. The molecule has 0 aliphatic carbocycles. The van der Waals surface area contributed by atoms with Gasteiger partial charge in [-0.05, 0) is 45.0 Å². The fourth-order valence-corrected chi connectivity index (χ4v) is 2.18. The van der Waals surface area contributed by atoms with Gasteiger partial charge in [0.05, 0.1) is 6.61 Å². The highest BCUT2D eigenvalue weighted by molar-refractivity contribution is 7.46. The lowest BCUT2D eigenvalue weighted by Gasteiger charge is -2.25. The molecule has 0 aliphatic rings. The van der Waals surface area contributed by atoms with Crippen LogP contribution >= 0.6 is 7.82 Å². The van der Waals surface area contributed by atoms with Crippen LogP contribution in [0, 0.1) is 0 Å². The van der Waals surface area contributed by atoms with E-state index in [2.05, 4.69) is 4.52 Å². The Morgan fingerprint density at radius 1 is 1.20 bits per heavy atom. The molecule has 0 unspecified atom stereocenters. The van der Waals surface area contributed by atoms with E-state index in [4.69, 9.17) is 20.3 Å². The Labute approximate surface area is 146 Å². The second-order valence-electron chi connectivity index (χ2n) is 6.26. The number of carbonyl (C=O) groups is 2. The number of carbonyl (C=O) groups excluding carboxylic acids is 2. The first-order chi connectivity index (χ1) is 11.4. The summed E-state index contributed by atoms with van der Waals surface area (Å²) in [5, 5.41) is 0. The van der Waals surface area contributed by atoms with E-state index >= 15 is 0 Å². The third-order valence-electron chi connectivity index (χ3n) is 2.81. The van der Waals surface area contributed by atoms with Crippen LogP contribution in [0.4, 0.5) is 5.69 Å². The van der Waals surface area contributed by atoms with Gasteiger partial charge < -0.3 is 25.2 Å². The van der Waals surface area contributed by atoms with E-state index in [-0.39, 0.29) is 18.7 Å². The molecule has 25 heavy (non-hydrogen) atoms. The van der Waals surface area contributed by atoms with Crippen LogP contribution in [0.5, 0.6) is 0 Å². The number of hydrogen-bond acceptors (Lipinski definition) is 6. The minimum absolute atomic E-state index is 0.201. The Morgan fingerprint density at radius 2 is 1.76 bits per heavy atom. The topological polar surface area (TPSA) is 139 Å². The first-order valence-electron chi connectivity index (χ1n) is 7.44. The zero-order chi connectivity index (χ0) is 19.3. The van der Waals surface area contributed by atoms with Crippen molar-refractivity contribution in [2.75, 3.05) is 25.4 Å². The molecule has 0 bridgehead atoms. The Balaban J connectivity index is 2.85. The zero-order valence-corrected chi connectivity index (χ0v) is 15.2. The van der Waals surface area contributed by atoms with Crippen molar-refractivity contribution in [2.45, 2.75) is 26.4 Å². The van der Waals surface area contributed by atoms with E-state index in [9.17, 15) is 14.2 Å². The number of benzene rings is 1. The Morgan fingerprint density at radius 3 is 2.24 bits per heavy atom. The number of nitrogens with two attached hydrogens (primary N) is 1. The number of hydrogen-bond donors (Lipinski definition) is 3. The Hall–Kier alpha value is -1.93. The minimum atomic E-state index is -4.67. The molecule has 9 nitrogen and oxygen atoms in total. The van der Waals surface area contributed by atoms with E-state index in [0.29, 0.717) is 5.69 Å². The minimum Gasteiger partial charge on any atom is -0.459 e. The number of rotatable bonds is 7. The highest BCUT2D eigenvalue weighted by Crippen LogP contribution is 2.35. The average Bonchev–Trinajstić information content (AvgIpc) is 2.43. The quantitative estimate of drug-likeness (QED) is 0.367. The molecule has 0 fully saturated rings. The Bertz CT molecular complexity index is 649. The number of esters is 1. The summed E-state index contributed by atoms with van der Waals surface area (Å²) >= 11 is 0. The van der Waals surface area contributed by atoms with Crippen LogP contribution in [0.1, 0.15) is 31.1 Å². The number of phosphoric acid groups is 1. The predicted molar refractivity (Wildman–Crippen MR) is 90.6 cm³/mol. The predicted octanol–water partition coefficient (Wildman–Crippen LogP) is 1.16. The molecule has 4 N–H and O–H groups in total. The maximum atomic E-state index is 12.5. The van der Waals surface area contributed by atoms with Gasteiger partial charge in [-0.2, -0.15) is 0 Å². The van der Waals surface area contributed by atoms with E-state index in [1.54, 1.807) is 20.8 Å². The number of anilines is 1. The first-order valence-corrected chi connectivity index (χ1v) is 8.97. The van der Waals surface area contributed by atoms with Crippen LogP contribution < -0.4 is 5.73 Å². The van der Waals surface area contributed by atoms with Crippen molar-refractivity contribution in [3.05, 3.63) is 29.8 Å². The summed E-state index contributed by atoms with van der Waals surface area (Å²) in [5.41, 5.74) is 5.59. The summed E-state index contributed by atoms with van der Waals surface area (Å²) in [6, 6.07) is 6.04. The SMILES string of the molecule is CC(C)(C)OC(=O)CN(CCOP(=O)(O)O)C(=O)c1ccc(N)cc1. The van der Waals surface area contributed by atoms with Crippen LogP contribution in [0.15, 0.2) is 24.3 Å². The fraction of sp³-hybridized carbons (Fsp3) is 0.467. The van der Waals surface area contributed by atoms with Crippen molar-refractivity contribution < 1.29 is 33.2 Å². The van der Waals surface area contributed by atoms with Gasteiger partial charge in [0, 0.05) is 17.8 Å². The number of amides is 1. The molecule has 0 spiro atoms. The number of nitrogens with zero attached hydrogens (tertiary/aromatic N) is 1. The van der Waals surface area contributed by atoms with E-state index in [0.717, 1.165) is 4.90 Å². The molecule has 1 rings (SSSR count). The van der Waals surface area contributed by atoms with Crippen molar-refractivity contribution in [3.8, 4) is 0 Å². The van der Waals surface area contributed by atoms with Crippen LogP contribution in [-0.2, 0) is 18.6 Å². The van der Waals surface area contributed by atoms with Gasteiger partial charge in [0.15, 0.2) is 0 Å². The second kappa shape index (κ2) is 8.44. The van der Waals surface area contributed by atoms with E-state index in [1.165, 1.54) is 24.3 Å². The van der Waals surface area contributed by atoms with Gasteiger partial charge in [-0.25, -0.2) is 4.57 Å². The van der Waals surface area contributed by atoms with Gasteiger partial charge >= 0.3 is 13.8 Å². The molecule has 10 heteroatoms. The van der Waals surface area contributed by atoms with Crippen molar-refractivity contribution in [1.29, 1.82) is 0 Å². The molecule has 140 valence electrons. The van der Waals surface area contributed by atoms with Gasteiger partial charge in [0.2, 0.25) is 0 Å². The summed E-state index contributed by atoms with van der Waals surface area (Å²) in [7, 11) is -4.67. The van der Waals surface area contributed by atoms with E-state index in [1.807, 2.05) is 0 Å². The normalized spacial score (nSPS) is 11.9. The molecule has 0 aliphatic heterocycles. The van der Waals surface area contributed by atoms with Gasteiger partial charge in [-0.1, -0.05) is 0 Å². The molecule has 1 amide bonds. The number of ether oxygens (including phenoxy) is 1. The lowest BCUT2D eigenvalue weighted by Crippen LogP contribution is -2.40. The lowest BCUT2D eigenvalue weighted by atomic mass is 10.1. The molecule has 1 aromatic rings. The van der Waals surface area contributed by atoms with Crippen molar-refractivity contribution in [3.63, 3.8) is 0 Å². The lowest BCUT2D eigenvalue weighted by molar-refractivity contribution is -0.155. The van der Waals surface area contributed by atoms with Crippen molar-refractivity contribution in [1.82, 2.24) is 4.90 Å². The van der Waals surface area contributed by atoms with Gasteiger partial charge in [0.1, 0.15) is 12.1 Å². The zero-order valence-electron chi connectivity index (χ0n) is 14.3. The molecule has 0 heterocycles. The fourth-order valence-electron chi connectivity index (χ4n) is 1.86. The molecule has 0 aromatic heterocycles. The van der Waals surface area contributed by atoms with Crippen LogP contribution in [0.3, 0.4) is 0 Å². The Kier molecular flexibility index (Phi) is 7.13. The smallest absolute Gasteiger partial charge is 0.459 e. The van der Waals surface area contributed by atoms with Crippen LogP contribution in [0.25, 0.3) is 0 Å². The maximum Gasteiger partial charge on any atom is 0.469 e. The van der Waals surface area contributed by atoms with Crippen LogP contribution in [0.2, 0.25) is 0 Å². The van der Waals surface area contributed by atoms with Gasteiger partial charge in [-0.3, -0.25) is 14.1 Å². The maximum absolute atomic E-state index is 12.5. The largest absolute Gasteiger partial charge is 0.469 e. The van der Waals surface area contributed by atoms with Gasteiger partial charge in [-0.15, -0.1) is 0 Å². The molecule has 0 saturated heterocycles. The molecule has 1 aromatic carbocycles. The third-order valence-corrected chi connectivity index (χ3v) is 3.32. The molecular formula is C15H23N2O7P. The summed E-state index contributed by atoms with van der Waals surface area (Å²) < 4.78 is 20.3. The summed E-state index contributed by atoms with van der Waals surface area (Å²) in [4.78, 5) is 43.1. The standard InChI is InChI=1S/C15H23N2O7P/c1-15(2,3)24-13(18)10-17(8-9-23-25(20,21)22)14(19)11-4-6-12(16)7-5-11/h4-7H,8-10,16H2,1-3H3,(H2,20,21,22).